The van der Waals surface area contributed by atoms with Crippen LogP contribution in [0.2, 0.25) is 0 Å². The molecule has 0 radical (unpaired) electrons. The molecule has 15 heavy (non-hydrogen) atoms. The van der Waals surface area contributed by atoms with Crippen LogP contribution in [0.4, 0.5) is 0 Å². The van der Waals surface area contributed by atoms with Crippen LogP contribution in [0.1, 0.15) is 0 Å². The van der Waals surface area contributed by atoms with Crippen LogP contribution in [0.5, 0.6) is 0 Å². The van der Waals surface area contributed by atoms with Crippen LogP contribution in [0.3, 0.4) is 0 Å². The van der Waals surface area contributed by atoms with Gasteiger partial charge in [0.25, 0.3) is 0 Å². The second kappa shape index (κ2) is 6.78. The van der Waals surface area contributed by atoms with Gasteiger partial charge in [0.05, 0.1) is 25.9 Å². The SMILES string of the molecule is O=C(O)C(CO)N(CC(O)CO)[P+](=O)[O-]. The minimum absolute atomic E-state index is 0.387. The summed E-state index contributed by atoms with van der Waals surface area (Å²) in [5.74, 6) is -1.53. The molecule has 9 heteroatoms. The third-order valence-electron chi connectivity index (χ3n) is 1.64. The first-order chi connectivity index (χ1) is 6.93. The van der Waals surface area contributed by atoms with Crippen molar-refractivity contribution in [3.05, 3.63) is 0 Å². The molecule has 0 amide bonds. The van der Waals surface area contributed by atoms with Gasteiger partial charge in [-0.15, -0.1) is 0 Å². The summed E-state index contributed by atoms with van der Waals surface area (Å²) in [7, 11) is -3.26. The molecule has 0 aromatic carbocycles. The van der Waals surface area contributed by atoms with Crippen molar-refractivity contribution in [3.63, 3.8) is 0 Å². The summed E-state index contributed by atoms with van der Waals surface area (Å²) < 4.78 is 11.0. The molecule has 88 valence electrons. The molecular weight excluding hydrogens is 229 g/mol. The van der Waals surface area contributed by atoms with E-state index in [1.807, 2.05) is 0 Å². The average molecular weight is 241 g/mol. The zero-order chi connectivity index (χ0) is 12.0. The van der Waals surface area contributed by atoms with E-state index in [1.165, 1.54) is 0 Å². The van der Waals surface area contributed by atoms with E-state index in [-0.39, 0.29) is 0 Å². The Morgan fingerprint density at radius 1 is 1.40 bits per heavy atom. The normalized spacial score (nSPS) is 16.2. The summed E-state index contributed by atoms with van der Waals surface area (Å²) >= 11 is 0. The van der Waals surface area contributed by atoms with Crippen LogP contribution in [-0.2, 0) is 9.36 Å². The first-order valence-electron chi connectivity index (χ1n) is 3.97. The van der Waals surface area contributed by atoms with Gasteiger partial charge in [-0.05, 0) is 0 Å². The van der Waals surface area contributed by atoms with E-state index in [0.29, 0.717) is 4.67 Å². The number of aliphatic hydroxyl groups excluding tert-OH is 3. The molecule has 4 N–H and O–H groups in total. The van der Waals surface area contributed by atoms with Crippen LogP contribution in [-0.4, -0.2) is 63.0 Å². The summed E-state index contributed by atoms with van der Waals surface area (Å²) in [5, 5.41) is 34.7. The molecule has 3 unspecified atom stereocenters. The lowest BCUT2D eigenvalue weighted by Crippen LogP contribution is -2.45. The van der Waals surface area contributed by atoms with Crippen molar-refractivity contribution in [2.24, 2.45) is 0 Å². The van der Waals surface area contributed by atoms with E-state index in [9.17, 15) is 14.3 Å². The topological polar surface area (TPSA) is 141 Å². The van der Waals surface area contributed by atoms with Gasteiger partial charge >= 0.3 is 14.1 Å². The Balaban J connectivity index is 4.63. The zero-order valence-electron chi connectivity index (χ0n) is 7.68. The number of carboxylic acids is 1. The molecule has 0 aliphatic heterocycles. The predicted molar refractivity (Wildman–Crippen MR) is 45.9 cm³/mol. The molecule has 3 atom stereocenters. The highest BCUT2D eigenvalue weighted by Gasteiger charge is 2.35. The van der Waals surface area contributed by atoms with Crippen molar-refractivity contribution in [2.45, 2.75) is 12.1 Å². The van der Waals surface area contributed by atoms with Crippen LogP contribution < -0.4 is 4.89 Å². The predicted octanol–water partition coefficient (Wildman–Crippen LogP) is -2.90. The number of rotatable bonds is 7. The van der Waals surface area contributed by atoms with Crippen molar-refractivity contribution in [2.75, 3.05) is 19.8 Å². The molecule has 0 aromatic heterocycles. The number of aliphatic carboxylic acids is 1. The fourth-order valence-corrected chi connectivity index (χ4v) is 1.60. The molecule has 0 bridgehead atoms. The number of carbonyl (C=O) groups is 1. The Hall–Kier alpha value is -0.630. The van der Waals surface area contributed by atoms with E-state index in [4.69, 9.17) is 20.4 Å². The lowest BCUT2D eigenvalue weighted by atomic mass is 10.3. The van der Waals surface area contributed by atoms with E-state index in [0.717, 1.165) is 0 Å². The second-order valence-electron chi connectivity index (χ2n) is 2.73. The van der Waals surface area contributed by atoms with Crippen LogP contribution in [0, 0.1) is 0 Å². The van der Waals surface area contributed by atoms with Gasteiger partial charge in [-0.3, -0.25) is 4.79 Å². The fourth-order valence-electron chi connectivity index (χ4n) is 0.881. The molecule has 0 fully saturated rings. The molecule has 0 aromatic rings. The Bertz CT molecular complexity index is 236. The molecule has 0 aliphatic rings. The highest BCUT2D eigenvalue weighted by Crippen LogP contribution is 2.20. The molecule has 0 rings (SSSR count). The van der Waals surface area contributed by atoms with Crippen molar-refractivity contribution in [3.8, 4) is 0 Å². The van der Waals surface area contributed by atoms with Crippen molar-refractivity contribution < 1.29 is 34.7 Å². The van der Waals surface area contributed by atoms with Crippen molar-refractivity contribution in [1.29, 1.82) is 0 Å². The number of hydrogen-bond donors (Lipinski definition) is 4. The quantitative estimate of drug-likeness (QED) is 0.348. The first kappa shape index (κ1) is 14.4. The van der Waals surface area contributed by atoms with Crippen molar-refractivity contribution >= 4 is 14.1 Å². The third kappa shape index (κ3) is 4.61. The first-order valence-corrected chi connectivity index (χ1v) is 5.10. The molecule has 0 saturated heterocycles. The largest absolute Gasteiger partial charge is 0.578 e. The summed E-state index contributed by atoms with van der Waals surface area (Å²) in [4.78, 5) is 21.2. The third-order valence-corrected chi connectivity index (χ3v) is 2.50. The van der Waals surface area contributed by atoms with Gasteiger partial charge in [-0.1, -0.05) is 9.24 Å². The van der Waals surface area contributed by atoms with E-state index in [2.05, 4.69) is 0 Å². The number of hydrogen-bond acceptors (Lipinski definition) is 6. The monoisotopic (exact) mass is 241 g/mol. The molecule has 0 saturated carbocycles. The summed E-state index contributed by atoms with van der Waals surface area (Å²) in [6.45, 7) is -2.18. The van der Waals surface area contributed by atoms with Gasteiger partial charge in [0.2, 0.25) is 0 Å². The van der Waals surface area contributed by atoms with E-state index in [1.54, 1.807) is 0 Å². The van der Waals surface area contributed by atoms with Crippen LogP contribution >= 0.6 is 8.18 Å². The summed E-state index contributed by atoms with van der Waals surface area (Å²) in [5.41, 5.74) is 0. The lowest BCUT2D eigenvalue weighted by molar-refractivity contribution is -0.182. The molecular formula is C6H12NO7P. The second-order valence-corrected chi connectivity index (χ2v) is 3.72. The molecule has 0 spiro atoms. The van der Waals surface area contributed by atoms with Gasteiger partial charge in [0.1, 0.15) is 0 Å². The number of carboxylic acid groups (broad SMARTS) is 1. The fraction of sp³-hybridized carbons (Fsp3) is 0.833. The van der Waals surface area contributed by atoms with E-state index >= 15 is 0 Å². The lowest BCUT2D eigenvalue weighted by Gasteiger charge is -2.20. The standard InChI is InChI=1S/C6H12NO7P/c8-2-4(10)1-7(15(13)14)5(3-9)6(11)12/h4-5,8-10H,1-3H2,(H,11,12). The smallest absolute Gasteiger partial charge is 0.412 e. The van der Waals surface area contributed by atoms with Gasteiger partial charge in [-0.2, -0.15) is 0 Å². The maximum absolute atomic E-state index is 10.7. The maximum Gasteiger partial charge on any atom is 0.412 e. The molecule has 8 nitrogen and oxygen atoms in total. The minimum Gasteiger partial charge on any atom is -0.578 e. The zero-order valence-corrected chi connectivity index (χ0v) is 8.58. The van der Waals surface area contributed by atoms with Crippen molar-refractivity contribution in [1.82, 2.24) is 4.67 Å². The Morgan fingerprint density at radius 3 is 2.20 bits per heavy atom. The highest BCUT2D eigenvalue weighted by molar-refractivity contribution is 7.33. The Morgan fingerprint density at radius 2 is 1.93 bits per heavy atom. The Kier molecular flexibility index (Phi) is 6.50. The highest BCUT2D eigenvalue weighted by atomic mass is 31.1. The molecule has 0 aliphatic carbocycles. The van der Waals surface area contributed by atoms with E-state index < -0.39 is 46.1 Å². The summed E-state index contributed by atoms with van der Waals surface area (Å²) in [6.07, 6.45) is -1.38. The summed E-state index contributed by atoms with van der Waals surface area (Å²) in [6, 6.07) is -1.65. The van der Waals surface area contributed by atoms with Gasteiger partial charge in [-0.25, -0.2) is 0 Å². The average Bonchev–Trinajstić information content (AvgIpc) is 2.16. The van der Waals surface area contributed by atoms with Crippen LogP contribution in [0.25, 0.3) is 0 Å². The maximum atomic E-state index is 10.7. The Labute approximate surface area is 86.3 Å². The van der Waals surface area contributed by atoms with Gasteiger partial charge < -0.3 is 25.3 Å². The molecule has 0 heterocycles. The minimum atomic E-state index is -3.26. The van der Waals surface area contributed by atoms with Gasteiger partial charge in [0.15, 0.2) is 6.04 Å². The van der Waals surface area contributed by atoms with Gasteiger partial charge in [0, 0.05) is 0 Å². The number of aliphatic hydroxyl groups is 3. The van der Waals surface area contributed by atoms with Crippen LogP contribution in [0.15, 0.2) is 0 Å². The number of nitrogens with zero attached hydrogens (tertiary/aromatic N) is 1.